The smallest absolute Gasteiger partial charge is 0.322 e. The van der Waals surface area contributed by atoms with Crippen molar-refractivity contribution < 1.29 is 4.79 Å². The van der Waals surface area contributed by atoms with Gasteiger partial charge in [-0.1, -0.05) is 51.3 Å². The number of H-pyrrole nitrogens is 1. The maximum atomic E-state index is 12.8. The number of hydrogen-bond acceptors (Lipinski definition) is 5. The molecule has 4 aromatic rings. The minimum Gasteiger partial charge on any atom is -0.322 e. The van der Waals surface area contributed by atoms with E-state index < -0.39 is 11.2 Å². The number of carbonyl (C=O) groups is 1. The van der Waals surface area contributed by atoms with Crippen LogP contribution in [0.25, 0.3) is 16.9 Å². The number of unbranched alkanes of at least 4 members (excludes halogenated alkanes) is 3. The standard InChI is InChI=1S/C26H33N7O3/c1-3-5-10-17-31-21(28-24-23(31)25(35)29-26(36)32(24)16-6-4-2)13-14-22(34)27-20-15-18-33(30-20)19-11-8-7-9-12-19/h7-9,11-12,15,18H,3-6,10,13-14,16-17H2,1-2H3,(H,27,30,34)(H,29,35,36). The lowest BCUT2D eigenvalue weighted by atomic mass is 10.2. The Labute approximate surface area is 209 Å². The molecule has 4 rings (SSSR count). The summed E-state index contributed by atoms with van der Waals surface area (Å²) >= 11 is 0. The summed E-state index contributed by atoms with van der Waals surface area (Å²) in [6.45, 7) is 5.26. The number of rotatable bonds is 12. The number of imidazole rings is 1. The number of nitrogens with one attached hydrogen (secondary N) is 2. The fourth-order valence-electron chi connectivity index (χ4n) is 4.24. The Bertz CT molecular complexity index is 1430. The molecule has 0 aliphatic rings. The summed E-state index contributed by atoms with van der Waals surface area (Å²) in [5.41, 5.74) is 0.814. The van der Waals surface area contributed by atoms with Crippen molar-refractivity contribution in [3.63, 3.8) is 0 Å². The zero-order chi connectivity index (χ0) is 25.5. The number of hydrogen-bond donors (Lipinski definition) is 2. The molecule has 10 nitrogen and oxygen atoms in total. The molecule has 2 N–H and O–H groups in total. The van der Waals surface area contributed by atoms with Gasteiger partial charge in [0.1, 0.15) is 5.82 Å². The minimum absolute atomic E-state index is 0.173. The van der Waals surface area contributed by atoms with Crippen molar-refractivity contribution in [3.8, 4) is 5.69 Å². The zero-order valence-corrected chi connectivity index (χ0v) is 20.9. The monoisotopic (exact) mass is 491 g/mol. The van der Waals surface area contributed by atoms with Crippen molar-refractivity contribution in [1.82, 2.24) is 28.9 Å². The van der Waals surface area contributed by atoms with Gasteiger partial charge in [0.2, 0.25) is 5.91 Å². The molecule has 0 saturated heterocycles. The maximum absolute atomic E-state index is 12.8. The summed E-state index contributed by atoms with van der Waals surface area (Å²) in [6, 6.07) is 11.4. The first kappa shape index (κ1) is 25.2. The third kappa shape index (κ3) is 5.64. The van der Waals surface area contributed by atoms with Gasteiger partial charge in [0.15, 0.2) is 17.0 Å². The second-order valence-corrected chi connectivity index (χ2v) is 8.85. The van der Waals surface area contributed by atoms with Crippen molar-refractivity contribution >= 4 is 22.9 Å². The van der Waals surface area contributed by atoms with E-state index >= 15 is 0 Å². The number of aromatic nitrogens is 6. The Morgan fingerprint density at radius 3 is 2.47 bits per heavy atom. The molecular weight excluding hydrogens is 458 g/mol. The highest BCUT2D eigenvalue weighted by atomic mass is 16.2. The van der Waals surface area contributed by atoms with E-state index in [1.54, 1.807) is 16.9 Å². The third-order valence-corrected chi connectivity index (χ3v) is 6.14. The Morgan fingerprint density at radius 1 is 0.972 bits per heavy atom. The van der Waals surface area contributed by atoms with Gasteiger partial charge in [-0.15, -0.1) is 0 Å². The average Bonchev–Trinajstić information content (AvgIpc) is 3.48. The fourth-order valence-corrected chi connectivity index (χ4v) is 4.24. The van der Waals surface area contributed by atoms with Crippen LogP contribution in [0.2, 0.25) is 0 Å². The molecule has 0 bridgehead atoms. The first-order chi connectivity index (χ1) is 17.5. The molecule has 3 aromatic heterocycles. The van der Waals surface area contributed by atoms with Crippen molar-refractivity contribution in [2.45, 2.75) is 71.9 Å². The lowest BCUT2D eigenvalue weighted by Crippen LogP contribution is -2.31. The number of nitrogens with zero attached hydrogens (tertiary/aromatic N) is 5. The van der Waals surface area contributed by atoms with E-state index in [4.69, 9.17) is 4.98 Å². The van der Waals surface area contributed by atoms with E-state index in [-0.39, 0.29) is 12.3 Å². The summed E-state index contributed by atoms with van der Waals surface area (Å²) in [7, 11) is 0. The van der Waals surface area contributed by atoms with E-state index in [9.17, 15) is 14.4 Å². The van der Waals surface area contributed by atoms with Crippen molar-refractivity contribution in [1.29, 1.82) is 0 Å². The molecule has 190 valence electrons. The van der Waals surface area contributed by atoms with Crippen molar-refractivity contribution in [3.05, 3.63) is 69.3 Å². The first-order valence-electron chi connectivity index (χ1n) is 12.6. The zero-order valence-electron chi connectivity index (χ0n) is 20.9. The molecule has 0 spiro atoms. The van der Waals surface area contributed by atoms with Crippen molar-refractivity contribution in [2.24, 2.45) is 0 Å². The Kier molecular flexibility index (Phi) is 8.14. The van der Waals surface area contributed by atoms with Gasteiger partial charge in [-0.25, -0.2) is 14.5 Å². The molecule has 10 heteroatoms. The molecule has 0 unspecified atom stereocenters. The van der Waals surface area contributed by atoms with Crippen LogP contribution in [-0.2, 0) is 24.3 Å². The molecule has 0 radical (unpaired) electrons. The molecular formula is C26H33N7O3. The highest BCUT2D eigenvalue weighted by Crippen LogP contribution is 2.16. The van der Waals surface area contributed by atoms with Gasteiger partial charge >= 0.3 is 5.69 Å². The van der Waals surface area contributed by atoms with Gasteiger partial charge in [0, 0.05) is 38.2 Å². The predicted octanol–water partition coefficient (Wildman–Crippen LogP) is 3.63. The lowest BCUT2D eigenvalue weighted by molar-refractivity contribution is -0.116. The molecule has 0 fully saturated rings. The Morgan fingerprint density at radius 2 is 1.72 bits per heavy atom. The number of benzene rings is 1. The van der Waals surface area contributed by atoms with Crippen LogP contribution in [0.5, 0.6) is 0 Å². The van der Waals surface area contributed by atoms with Gasteiger partial charge in [0.05, 0.1) is 5.69 Å². The summed E-state index contributed by atoms with van der Waals surface area (Å²) in [5, 5.41) is 7.26. The summed E-state index contributed by atoms with van der Waals surface area (Å²) < 4.78 is 5.12. The highest BCUT2D eigenvalue weighted by Gasteiger charge is 2.19. The molecule has 1 aromatic carbocycles. The highest BCUT2D eigenvalue weighted by molar-refractivity contribution is 5.89. The van der Waals surface area contributed by atoms with E-state index in [0.29, 0.717) is 42.3 Å². The van der Waals surface area contributed by atoms with Crippen LogP contribution in [0.3, 0.4) is 0 Å². The molecule has 0 saturated carbocycles. The molecule has 1 amide bonds. The summed E-state index contributed by atoms with van der Waals surface area (Å²) in [5.74, 6) is 0.898. The predicted molar refractivity (Wildman–Crippen MR) is 140 cm³/mol. The van der Waals surface area contributed by atoms with Gasteiger partial charge in [-0.2, -0.15) is 5.10 Å². The van der Waals surface area contributed by atoms with Gasteiger partial charge in [-0.3, -0.25) is 19.1 Å². The van der Waals surface area contributed by atoms with Crippen molar-refractivity contribution in [2.75, 3.05) is 5.32 Å². The number of aromatic amines is 1. The van der Waals surface area contributed by atoms with Crippen LogP contribution in [0.1, 0.15) is 58.2 Å². The number of para-hydroxylation sites is 1. The van der Waals surface area contributed by atoms with E-state index in [1.807, 2.05) is 41.8 Å². The second kappa shape index (κ2) is 11.7. The van der Waals surface area contributed by atoms with E-state index in [0.717, 1.165) is 37.8 Å². The number of aryl methyl sites for hydroxylation is 3. The summed E-state index contributed by atoms with van der Waals surface area (Å²) in [6.07, 6.45) is 6.95. The van der Waals surface area contributed by atoms with Crippen LogP contribution >= 0.6 is 0 Å². The SMILES string of the molecule is CCCCCn1c(CCC(=O)Nc2ccn(-c3ccccc3)n2)nc2c1c(=O)[nH]c(=O)n2CCCC. The summed E-state index contributed by atoms with van der Waals surface area (Å²) in [4.78, 5) is 45.1. The molecule has 0 aliphatic heterocycles. The molecule has 3 heterocycles. The largest absolute Gasteiger partial charge is 0.330 e. The van der Waals surface area contributed by atoms with Crippen LogP contribution in [0, 0.1) is 0 Å². The average molecular weight is 492 g/mol. The number of fused-ring (bicyclic) bond motifs is 1. The number of anilines is 1. The van der Waals surface area contributed by atoms with Crippen LogP contribution in [-0.4, -0.2) is 34.8 Å². The first-order valence-corrected chi connectivity index (χ1v) is 12.6. The topological polar surface area (TPSA) is 120 Å². The van der Waals surface area contributed by atoms with Crippen LogP contribution < -0.4 is 16.6 Å². The Hall–Kier alpha value is -3.95. The van der Waals surface area contributed by atoms with Crippen LogP contribution in [0.15, 0.2) is 52.2 Å². The fraction of sp³-hybridized carbons (Fsp3) is 0.423. The normalized spacial score (nSPS) is 11.3. The molecule has 36 heavy (non-hydrogen) atoms. The van der Waals surface area contributed by atoms with Crippen LogP contribution in [0.4, 0.5) is 5.82 Å². The number of carbonyl (C=O) groups excluding carboxylic acids is 1. The number of amides is 1. The van der Waals surface area contributed by atoms with Gasteiger partial charge in [0.25, 0.3) is 5.56 Å². The second-order valence-electron chi connectivity index (χ2n) is 8.85. The Balaban J connectivity index is 1.54. The third-order valence-electron chi connectivity index (χ3n) is 6.14. The lowest BCUT2D eigenvalue weighted by Gasteiger charge is -2.09. The van der Waals surface area contributed by atoms with E-state index in [1.165, 1.54) is 4.57 Å². The molecule has 0 aliphatic carbocycles. The van der Waals surface area contributed by atoms with E-state index in [2.05, 4.69) is 22.3 Å². The van der Waals surface area contributed by atoms with Gasteiger partial charge in [-0.05, 0) is 25.0 Å². The maximum Gasteiger partial charge on any atom is 0.330 e. The van der Waals surface area contributed by atoms with Gasteiger partial charge < -0.3 is 9.88 Å². The molecule has 0 atom stereocenters. The quantitative estimate of drug-likeness (QED) is 0.293. The minimum atomic E-state index is -0.447.